The maximum Gasteiger partial charge on any atom is 0.338 e. The van der Waals surface area contributed by atoms with E-state index in [1.54, 1.807) is 56.3 Å². The molecule has 1 unspecified atom stereocenters. The van der Waals surface area contributed by atoms with Crippen molar-refractivity contribution in [2.24, 2.45) is 0 Å². The summed E-state index contributed by atoms with van der Waals surface area (Å²) in [5, 5.41) is 8.44. The van der Waals surface area contributed by atoms with Gasteiger partial charge in [-0.05, 0) is 62.0 Å². The number of hydrogen-bond donors (Lipinski definition) is 3. The number of benzene rings is 2. The number of amides is 1. The van der Waals surface area contributed by atoms with Crippen molar-refractivity contribution in [2.45, 2.75) is 23.8 Å². The van der Waals surface area contributed by atoms with Gasteiger partial charge in [0.1, 0.15) is 6.17 Å². The molecule has 0 fully saturated rings. The molecule has 0 aliphatic carbocycles. The normalized spacial score (nSPS) is 11.9. The minimum absolute atomic E-state index is 0.111. The summed E-state index contributed by atoms with van der Waals surface area (Å²) in [6, 6.07) is 13.5. The number of ether oxygens (including phenoxy) is 1. The molecule has 6 nitrogen and oxygen atoms in total. The van der Waals surface area contributed by atoms with Crippen LogP contribution in [0.1, 0.15) is 33.2 Å². The fraction of sp³-hybridized carbons (Fsp3) is 0.250. The molecule has 0 heterocycles. The highest BCUT2D eigenvalue weighted by Crippen LogP contribution is 2.29. The average Bonchev–Trinajstić information content (AvgIpc) is 2.67. The molecule has 10 heteroatoms. The van der Waals surface area contributed by atoms with E-state index in [1.165, 1.54) is 0 Å². The molecule has 1 amide bonds. The van der Waals surface area contributed by atoms with Crippen LogP contribution in [0.3, 0.4) is 0 Å². The number of rotatable bonds is 6. The SMILES string of the molecule is CCOC(=O)c1ccc(NC(=S)NC(NC(=O)c2ccccc2C)C(Cl)(Cl)Cl)cc1. The number of nitrogens with one attached hydrogen (secondary N) is 3. The summed E-state index contributed by atoms with van der Waals surface area (Å²) in [4.78, 5) is 24.3. The molecule has 2 aromatic carbocycles. The van der Waals surface area contributed by atoms with Crippen molar-refractivity contribution in [3.05, 3.63) is 65.2 Å². The van der Waals surface area contributed by atoms with Crippen molar-refractivity contribution < 1.29 is 14.3 Å². The van der Waals surface area contributed by atoms with Gasteiger partial charge in [-0.3, -0.25) is 4.79 Å². The molecule has 0 saturated heterocycles. The van der Waals surface area contributed by atoms with Crippen molar-refractivity contribution in [1.29, 1.82) is 0 Å². The molecule has 0 spiro atoms. The molecular formula is C20H20Cl3N3O3S. The van der Waals surface area contributed by atoms with Crippen LogP contribution in [-0.4, -0.2) is 33.6 Å². The number of esters is 1. The highest BCUT2D eigenvalue weighted by molar-refractivity contribution is 7.80. The molecule has 0 aromatic heterocycles. The Morgan fingerprint density at radius 1 is 1.07 bits per heavy atom. The summed E-state index contributed by atoms with van der Waals surface area (Å²) < 4.78 is 3.06. The number of thiocarbonyl (C=S) groups is 1. The van der Waals surface area contributed by atoms with Gasteiger partial charge in [0.2, 0.25) is 3.79 Å². The summed E-state index contributed by atoms with van der Waals surface area (Å²) in [6.07, 6.45) is -1.10. The van der Waals surface area contributed by atoms with Gasteiger partial charge in [0, 0.05) is 11.3 Å². The Labute approximate surface area is 195 Å². The lowest BCUT2D eigenvalue weighted by Crippen LogP contribution is -2.56. The van der Waals surface area contributed by atoms with Gasteiger partial charge in [-0.2, -0.15) is 0 Å². The van der Waals surface area contributed by atoms with E-state index in [2.05, 4.69) is 16.0 Å². The maximum absolute atomic E-state index is 12.6. The number of carbonyl (C=O) groups is 2. The number of anilines is 1. The Kier molecular flexibility index (Phi) is 8.73. The lowest BCUT2D eigenvalue weighted by Gasteiger charge is -2.28. The molecule has 160 valence electrons. The number of carbonyl (C=O) groups excluding carboxylic acids is 2. The first-order chi connectivity index (χ1) is 14.1. The molecule has 30 heavy (non-hydrogen) atoms. The van der Waals surface area contributed by atoms with Crippen molar-refractivity contribution in [2.75, 3.05) is 11.9 Å². The third-order valence-electron chi connectivity index (χ3n) is 3.92. The number of hydrogen-bond acceptors (Lipinski definition) is 4. The van der Waals surface area contributed by atoms with E-state index in [9.17, 15) is 9.59 Å². The van der Waals surface area contributed by atoms with Crippen molar-refractivity contribution in [3.63, 3.8) is 0 Å². The second kappa shape index (κ2) is 10.8. The monoisotopic (exact) mass is 487 g/mol. The molecule has 0 saturated carbocycles. The topological polar surface area (TPSA) is 79.5 Å². The van der Waals surface area contributed by atoms with Gasteiger partial charge in [-0.1, -0.05) is 53.0 Å². The lowest BCUT2D eigenvalue weighted by molar-refractivity contribution is 0.0526. The van der Waals surface area contributed by atoms with Crippen LogP contribution in [0.15, 0.2) is 48.5 Å². The highest BCUT2D eigenvalue weighted by Gasteiger charge is 2.35. The van der Waals surface area contributed by atoms with Gasteiger partial charge in [0.05, 0.1) is 12.2 Å². The van der Waals surface area contributed by atoms with E-state index in [4.69, 9.17) is 51.8 Å². The Bertz CT molecular complexity index is 918. The Morgan fingerprint density at radius 3 is 2.27 bits per heavy atom. The molecule has 3 N–H and O–H groups in total. The molecule has 1 atom stereocenters. The first-order valence-electron chi connectivity index (χ1n) is 8.89. The molecule has 0 aliphatic rings. The molecule has 2 aromatic rings. The Morgan fingerprint density at radius 2 is 1.70 bits per heavy atom. The molecule has 2 rings (SSSR count). The molecule has 0 aliphatic heterocycles. The Balaban J connectivity index is 2.04. The van der Waals surface area contributed by atoms with E-state index in [0.717, 1.165) is 5.56 Å². The van der Waals surface area contributed by atoms with E-state index < -0.39 is 21.8 Å². The quantitative estimate of drug-likeness (QED) is 0.239. The standard InChI is InChI=1S/C20H20Cl3N3O3S/c1-3-29-17(28)13-8-10-14(11-9-13)24-19(30)26-18(20(21,22)23)25-16(27)15-7-5-4-6-12(15)2/h4-11,18H,3H2,1-2H3,(H,25,27)(H2,24,26,30). The third kappa shape index (κ3) is 7.02. The van der Waals surface area contributed by atoms with Crippen LogP contribution in [0.4, 0.5) is 5.69 Å². The molecule has 0 bridgehead atoms. The molecular weight excluding hydrogens is 469 g/mol. The smallest absolute Gasteiger partial charge is 0.338 e. The zero-order valence-electron chi connectivity index (χ0n) is 16.2. The second-order valence-corrected chi connectivity index (χ2v) is 8.94. The van der Waals surface area contributed by atoms with Gasteiger partial charge in [-0.15, -0.1) is 0 Å². The zero-order valence-corrected chi connectivity index (χ0v) is 19.3. The fourth-order valence-corrected chi connectivity index (χ4v) is 3.00. The molecule has 0 radical (unpaired) electrons. The predicted molar refractivity (Wildman–Crippen MR) is 124 cm³/mol. The summed E-state index contributed by atoms with van der Waals surface area (Å²) in [5.74, 6) is -0.835. The van der Waals surface area contributed by atoms with Crippen LogP contribution in [0.25, 0.3) is 0 Å². The van der Waals surface area contributed by atoms with Gasteiger partial charge in [0.25, 0.3) is 5.91 Å². The van der Waals surface area contributed by atoms with Crippen LogP contribution in [0.2, 0.25) is 0 Å². The second-order valence-electron chi connectivity index (χ2n) is 6.16. The first kappa shape index (κ1) is 24.2. The van der Waals surface area contributed by atoms with Crippen LogP contribution >= 0.6 is 47.0 Å². The maximum atomic E-state index is 12.6. The number of alkyl halides is 3. The lowest BCUT2D eigenvalue weighted by atomic mass is 10.1. The minimum Gasteiger partial charge on any atom is -0.462 e. The van der Waals surface area contributed by atoms with Gasteiger partial charge in [0.15, 0.2) is 5.11 Å². The summed E-state index contributed by atoms with van der Waals surface area (Å²) in [5.41, 5.74) is 2.23. The van der Waals surface area contributed by atoms with E-state index in [-0.39, 0.29) is 5.11 Å². The third-order valence-corrected chi connectivity index (χ3v) is 4.80. The van der Waals surface area contributed by atoms with Crippen molar-refractivity contribution in [3.8, 4) is 0 Å². The fourth-order valence-electron chi connectivity index (χ4n) is 2.44. The summed E-state index contributed by atoms with van der Waals surface area (Å²) in [6.45, 7) is 3.83. The predicted octanol–water partition coefficient (Wildman–Crippen LogP) is 4.58. The average molecular weight is 489 g/mol. The summed E-state index contributed by atoms with van der Waals surface area (Å²) >= 11 is 23.3. The Hall–Kier alpha value is -2.06. The van der Waals surface area contributed by atoms with Crippen molar-refractivity contribution in [1.82, 2.24) is 10.6 Å². The first-order valence-corrected chi connectivity index (χ1v) is 10.4. The van der Waals surface area contributed by atoms with E-state index in [1.807, 2.05) is 6.07 Å². The van der Waals surface area contributed by atoms with Gasteiger partial charge >= 0.3 is 5.97 Å². The van der Waals surface area contributed by atoms with E-state index in [0.29, 0.717) is 23.4 Å². The van der Waals surface area contributed by atoms with Crippen LogP contribution in [0.5, 0.6) is 0 Å². The van der Waals surface area contributed by atoms with Gasteiger partial charge in [-0.25, -0.2) is 4.79 Å². The number of aryl methyl sites for hydroxylation is 1. The van der Waals surface area contributed by atoms with Crippen LogP contribution in [-0.2, 0) is 4.74 Å². The highest BCUT2D eigenvalue weighted by atomic mass is 35.6. The van der Waals surface area contributed by atoms with Crippen LogP contribution in [0, 0.1) is 6.92 Å². The number of halogens is 3. The van der Waals surface area contributed by atoms with Gasteiger partial charge < -0.3 is 20.7 Å². The summed E-state index contributed by atoms with van der Waals surface area (Å²) in [7, 11) is 0. The zero-order chi connectivity index (χ0) is 22.3. The van der Waals surface area contributed by atoms with Crippen molar-refractivity contribution >= 4 is 69.7 Å². The largest absolute Gasteiger partial charge is 0.462 e. The van der Waals surface area contributed by atoms with Crippen LogP contribution < -0.4 is 16.0 Å². The van der Waals surface area contributed by atoms with E-state index >= 15 is 0 Å². The minimum atomic E-state index is -1.88.